The van der Waals surface area contributed by atoms with Crippen LogP contribution in [0.1, 0.15) is 39.0 Å². The molecule has 2 amide bonds. The van der Waals surface area contributed by atoms with Gasteiger partial charge in [0.05, 0.1) is 0 Å². The van der Waals surface area contributed by atoms with Crippen molar-refractivity contribution in [3.8, 4) is 0 Å². The summed E-state index contributed by atoms with van der Waals surface area (Å²) in [6.45, 7) is 4.16. The Labute approximate surface area is 114 Å². The van der Waals surface area contributed by atoms with Crippen LogP contribution in [0, 0.1) is 11.8 Å². The molecule has 0 aromatic heterocycles. The van der Waals surface area contributed by atoms with Gasteiger partial charge in [-0.1, -0.05) is 13.3 Å². The van der Waals surface area contributed by atoms with Crippen molar-refractivity contribution in [1.82, 2.24) is 9.80 Å². The predicted molar refractivity (Wildman–Crippen MR) is 71.9 cm³/mol. The lowest BCUT2D eigenvalue weighted by Gasteiger charge is -2.35. The van der Waals surface area contributed by atoms with Crippen molar-refractivity contribution in [2.45, 2.75) is 39.0 Å². The van der Waals surface area contributed by atoms with Gasteiger partial charge >= 0.3 is 12.0 Å². The average Bonchev–Trinajstić information content (AvgIpc) is 3.20. The second-order valence-electron chi connectivity index (χ2n) is 5.86. The van der Waals surface area contributed by atoms with E-state index in [4.69, 9.17) is 5.11 Å². The number of carboxylic acid groups (broad SMARTS) is 1. The first kappa shape index (κ1) is 14.2. The van der Waals surface area contributed by atoms with Gasteiger partial charge in [0.1, 0.15) is 6.54 Å². The number of likely N-dealkylation sites (tertiary alicyclic amines) is 1. The van der Waals surface area contributed by atoms with Crippen LogP contribution in [0.25, 0.3) is 0 Å². The van der Waals surface area contributed by atoms with E-state index in [1.807, 2.05) is 4.90 Å². The third-order valence-electron chi connectivity index (χ3n) is 4.14. The van der Waals surface area contributed by atoms with Gasteiger partial charge in [-0.3, -0.25) is 4.79 Å². The van der Waals surface area contributed by atoms with Crippen LogP contribution in [0.5, 0.6) is 0 Å². The topological polar surface area (TPSA) is 60.9 Å². The zero-order valence-corrected chi connectivity index (χ0v) is 11.7. The zero-order chi connectivity index (χ0) is 13.8. The Morgan fingerprint density at radius 2 is 2.00 bits per heavy atom. The second-order valence-corrected chi connectivity index (χ2v) is 5.86. The molecule has 108 valence electrons. The Hall–Kier alpha value is -1.26. The minimum atomic E-state index is -0.918. The molecule has 5 nitrogen and oxygen atoms in total. The molecule has 2 aliphatic rings. The Balaban J connectivity index is 1.94. The zero-order valence-electron chi connectivity index (χ0n) is 11.7. The van der Waals surface area contributed by atoms with E-state index in [0.29, 0.717) is 18.4 Å². The highest BCUT2D eigenvalue weighted by Gasteiger charge is 2.31. The molecule has 19 heavy (non-hydrogen) atoms. The quantitative estimate of drug-likeness (QED) is 0.830. The lowest BCUT2D eigenvalue weighted by molar-refractivity contribution is -0.137. The van der Waals surface area contributed by atoms with Gasteiger partial charge in [0.2, 0.25) is 0 Å². The van der Waals surface area contributed by atoms with Crippen LogP contribution in [-0.4, -0.2) is 53.1 Å². The average molecular weight is 268 g/mol. The summed E-state index contributed by atoms with van der Waals surface area (Å²) >= 11 is 0. The number of rotatable bonds is 5. The summed E-state index contributed by atoms with van der Waals surface area (Å²) < 4.78 is 0. The van der Waals surface area contributed by atoms with Gasteiger partial charge in [0.25, 0.3) is 0 Å². The van der Waals surface area contributed by atoms with Gasteiger partial charge in [0, 0.05) is 19.6 Å². The van der Waals surface area contributed by atoms with Gasteiger partial charge in [-0.15, -0.1) is 0 Å². The van der Waals surface area contributed by atoms with Crippen LogP contribution in [0.15, 0.2) is 0 Å². The number of amides is 2. The Morgan fingerprint density at radius 1 is 1.26 bits per heavy atom. The fourth-order valence-corrected chi connectivity index (χ4v) is 2.76. The van der Waals surface area contributed by atoms with Crippen LogP contribution in [0.2, 0.25) is 0 Å². The van der Waals surface area contributed by atoms with Gasteiger partial charge in [-0.2, -0.15) is 0 Å². The molecule has 0 bridgehead atoms. The van der Waals surface area contributed by atoms with Crippen molar-refractivity contribution in [3.63, 3.8) is 0 Å². The molecule has 0 aromatic carbocycles. The van der Waals surface area contributed by atoms with Gasteiger partial charge in [-0.25, -0.2) is 4.79 Å². The summed E-state index contributed by atoms with van der Waals surface area (Å²) in [5.74, 6) is 0.179. The van der Waals surface area contributed by atoms with E-state index in [1.54, 1.807) is 0 Å². The fraction of sp³-hybridized carbons (Fsp3) is 0.857. The normalized spacial score (nSPS) is 23.2. The van der Waals surface area contributed by atoms with Gasteiger partial charge in [-0.05, 0) is 37.5 Å². The molecule has 1 aliphatic heterocycles. The van der Waals surface area contributed by atoms with Crippen LogP contribution in [0.4, 0.5) is 4.79 Å². The fourth-order valence-electron chi connectivity index (χ4n) is 2.76. The molecule has 2 rings (SSSR count). The van der Waals surface area contributed by atoms with E-state index in [9.17, 15) is 9.59 Å². The van der Waals surface area contributed by atoms with Crippen LogP contribution in [0.3, 0.4) is 0 Å². The number of urea groups is 1. The molecule has 1 heterocycles. The smallest absolute Gasteiger partial charge is 0.323 e. The predicted octanol–water partition coefficient (Wildman–Crippen LogP) is 2.03. The summed E-state index contributed by atoms with van der Waals surface area (Å²) in [4.78, 5) is 26.7. The molecule has 0 radical (unpaired) electrons. The number of piperidine rings is 1. The standard InChI is InChI=1S/C14H24N2O3/c1-2-11-4-3-7-15(8-11)14(19)16(10-13(17)18)9-12-5-6-12/h11-12H,2-10H2,1H3,(H,17,18). The molecule has 5 heteroatoms. The molecule has 0 aromatic rings. The van der Waals surface area contributed by atoms with Crippen molar-refractivity contribution in [2.24, 2.45) is 11.8 Å². The second kappa shape index (κ2) is 6.26. The van der Waals surface area contributed by atoms with Crippen LogP contribution < -0.4 is 0 Å². The Kier molecular flexibility index (Phi) is 4.66. The SMILES string of the molecule is CCC1CCCN(C(=O)N(CC(=O)O)CC2CC2)C1. The Morgan fingerprint density at radius 3 is 2.58 bits per heavy atom. The summed E-state index contributed by atoms with van der Waals surface area (Å²) in [5.41, 5.74) is 0. The summed E-state index contributed by atoms with van der Waals surface area (Å²) in [6.07, 6.45) is 5.56. The van der Waals surface area contributed by atoms with Crippen molar-refractivity contribution in [3.05, 3.63) is 0 Å². The third kappa shape index (κ3) is 4.11. The highest BCUT2D eigenvalue weighted by Crippen LogP contribution is 2.30. The molecule has 1 unspecified atom stereocenters. The molecule has 1 atom stereocenters. The van der Waals surface area contributed by atoms with E-state index < -0.39 is 5.97 Å². The first-order valence-corrected chi connectivity index (χ1v) is 7.35. The molecule has 1 saturated carbocycles. The van der Waals surface area contributed by atoms with E-state index >= 15 is 0 Å². The summed E-state index contributed by atoms with van der Waals surface area (Å²) in [5, 5.41) is 8.95. The number of carbonyl (C=O) groups is 2. The minimum Gasteiger partial charge on any atom is -0.480 e. The minimum absolute atomic E-state index is 0.0764. The molecule has 1 saturated heterocycles. The Bertz CT molecular complexity index is 342. The van der Waals surface area contributed by atoms with Crippen LogP contribution >= 0.6 is 0 Å². The number of nitrogens with zero attached hydrogens (tertiary/aromatic N) is 2. The van der Waals surface area contributed by atoms with Crippen LogP contribution in [-0.2, 0) is 4.79 Å². The maximum atomic E-state index is 12.4. The lowest BCUT2D eigenvalue weighted by Crippen LogP contribution is -2.49. The van der Waals surface area contributed by atoms with Gasteiger partial charge < -0.3 is 14.9 Å². The first-order chi connectivity index (χ1) is 9.10. The van der Waals surface area contributed by atoms with Crippen molar-refractivity contribution in [2.75, 3.05) is 26.2 Å². The summed E-state index contributed by atoms with van der Waals surface area (Å²) in [6, 6.07) is -0.0764. The highest BCUT2D eigenvalue weighted by molar-refractivity contribution is 5.80. The number of carbonyl (C=O) groups excluding carboxylic acids is 1. The van der Waals surface area contributed by atoms with Gasteiger partial charge in [0.15, 0.2) is 0 Å². The van der Waals surface area contributed by atoms with E-state index in [0.717, 1.165) is 38.8 Å². The maximum Gasteiger partial charge on any atom is 0.323 e. The molecular weight excluding hydrogens is 244 g/mol. The number of carboxylic acids is 1. The number of hydrogen-bond acceptors (Lipinski definition) is 2. The van der Waals surface area contributed by atoms with E-state index in [-0.39, 0.29) is 12.6 Å². The van der Waals surface area contributed by atoms with Crippen molar-refractivity contribution < 1.29 is 14.7 Å². The maximum absolute atomic E-state index is 12.4. The number of aliphatic carboxylic acids is 1. The van der Waals surface area contributed by atoms with E-state index in [1.165, 1.54) is 11.3 Å². The van der Waals surface area contributed by atoms with Crippen molar-refractivity contribution in [1.29, 1.82) is 0 Å². The third-order valence-corrected chi connectivity index (χ3v) is 4.14. The highest BCUT2D eigenvalue weighted by atomic mass is 16.4. The lowest BCUT2D eigenvalue weighted by atomic mass is 9.96. The van der Waals surface area contributed by atoms with Crippen molar-refractivity contribution >= 4 is 12.0 Å². The first-order valence-electron chi connectivity index (χ1n) is 7.35. The monoisotopic (exact) mass is 268 g/mol. The molecule has 2 fully saturated rings. The molecule has 1 N–H and O–H groups in total. The summed E-state index contributed by atoms with van der Waals surface area (Å²) in [7, 11) is 0. The van der Waals surface area contributed by atoms with E-state index in [2.05, 4.69) is 6.92 Å². The largest absolute Gasteiger partial charge is 0.480 e. The molecule has 1 aliphatic carbocycles. The molecular formula is C14H24N2O3. The number of hydrogen-bond donors (Lipinski definition) is 1. The molecule has 0 spiro atoms.